The largest absolute Gasteiger partial charge is 0.493 e. The Morgan fingerprint density at radius 3 is 2.42 bits per heavy atom. The Hall–Kier alpha value is -4.48. The van der Waals surface area contributed by atoms with Gasteiger partial charge < -0.3 is 29.0 Å². The minimum Gasteiger partial charge on any atom is -0.493 e. The van der Waals surface area contributed by atoms with Gasteiger partial charge in [0, 0.05) is 19.2 Å². The second-order valence-electron chi connectivity index (χ2n) is 9.44. The van der Waals surface area contributed by atoms with E-state index >= 15 is 0 Å². The number of pyridine rings is 1. The summed E-state index contributed by atoms with van der Waals surface area (Å²) in [4.78, 5) is 67.7. The van der Waals surface area contributed by atoms with Crippen molar-refractivity contribution < 1.29 is 47.7 Å². The summed E-state index contributed by atoms with van der Waals surface area (Å²) < 4.78 is 26.9. The smallest absolute Gasteiger partial charge is 0.332 e. The van der Waals surface area contributed by atoms with E-state index in [1.807, 2.05) is 18.2 Å². The van der Waals surface area contributed by atoms with Crippen molar-refractivity contribution in [2.24, 2.45) is 11.8 Å². The molecule has 0 unspecified atom stereocenters. The molecule has 0 saturated carbocycles. The molecular weight excluding hydrogens is 524 g/mol. The highest BCUT2D eigenvalue weighted by atomic mass is 16.6. The Bertz CT molecular complexity index is 1250. The lowest BCUT2D eigenvalue weighted by Gasteiger charge is -2.29. The summed E-state index contributed by atoms with van der Waals surface area (Å²) in [5, 5.41) is 2.42. The SMILES string of the molecule is COc1ccnc(C(=O)N[C@H]2COC(=O)[C@H](Cc3ccccc3)[C@@H](OC(=O)C(C)C)[C@H](C)OC2=O)c1OC(C)=O. The van der Waals surface area contributed by atoms with Gasteiger partial charge in [-0.2, -0.15) is 0 Å². The molecule has 3 rings (SSSR count). The van der Waals surface area contributed by atoms with Crippen molar-refractivity contribution >= 4 is 29.8 Å². The third kappa shape index (κ3) is 7.55. The number of nitrogens with one attached hydrogen (secondary N) is 1. The molecule has 2 aromatic rings. The molecule has 1 aromatic carbocycles. The minimum absolute atomic E-state index is 0.0611. The number of carbonyl (C=O) groups excluding carboxylic acids is 5. The van der Waals surface area contributed by atoms with Gasteiger partial charge in [-0.25, -0.2) is 9.78 Å². The Morgan fingerprint density at radius 1 is 1.10 bits per heavy atom. The highest BCUT2D eigenvalue weighted by molar-refractivity contribution is 5.98. The first kappa shape index (κ1) is 30.1. The molecule has 214 valence electrons. The zero-order valence-electron chi connectivity index (χ0n) is 22.9. The lowest BCUT2D eigenvalue weighted by molar-refractivity contribution is -0.176. The Labute approximate surface area is 231 Å². The molecule has 1 fully saturated rings. The predicted molar refractivity (Wildman–Crippen MR) is 138 cm³/mol. The van der Waals surface area contributed by atoms with Gasteiger partial charge in [-0.3, -0.25) is 19.2 Å². The zero-order valence-corrected chi connectivity index (χ0v) is 22.9. The number of cyclic esters (lactones) is 2. The molecule has 1 aliphatic heterocycles. The zero-order chi connectivity index (χ0) is 29.4. The van der Waals surface area contributed by atoms with Crippen LogP contribution in [-0.4, -0.2) is 66.7 Å². The Balaban J connectivity index is 1.90. The van der Waals surface area contributed by atoms with E-state index < -0.39 is 66.5 Å². The fraction of sp³-hybridized carbons (Fsp3) is 0.429. The van der Waals surface area contributed by atoms with Crippen molar-refractivity contribution in [1.82, 2.24) is 10.3 Å². The normalized spacial score (nSPS) is 21.1. The van der Waals surface area contributed by atoms with E-state index in [4.69, 9.17) is 23.7 Å². The number of ether oxygens (including phenoxy) is 5. The van der Waals surface area contributed by atoms with E-state index in [9.17, 15) is 24.0 Å². The van der Waals surface area contributed by atoms with E-state index in [0.29, 0.717) is 0 Å². The quantitative estimate of drug-likeness (QED) is 0.375. The minimum atomic E-state index is -1.45. The Kier molecular flexibility index (Phi) is 10.2. The molecule has 0 aliphatic carbocycles. The van der Waals surface area contributed by atoms with Gasteiger partial charge in [0.1, 0.15) is 18.6 Å². The van der Waals surface area contributed by atoms with Crippen LogP contribution in [0.15, 0.2) is 42.6 Å². The van der Waals surface area contributed by atoms with Gasteiger partial charge >= 0.3 is 23.9 Å². The van der Waals surface area contributed by atoms with E-state index in [2.05, 4.69) is 10.3 Å². The summed E-state index contributed by atoms with van der Waals surface area (Å²) in [5.74, 6) is -5.58. The maximum atomic E-state index is 13.3. The molecule has 0 radical (unpaired) electrons. The number of carbonyl (C=O) groups is 5. The molecule has 1 amide bonds. The number of benzene rings is 1. The van der Waals surface area contributed by atoms with Crippen LogP contribution in [0.25, 0.3) is 0 Å². The van der Waals surface area contributed by atoms with Crippen LogP contribution in [0.5, 0.6) is 11.5 Å². The number of amides is 1. The number of methoxy groups -OCH3 is 1. The van der Waals surface area contributed by atoms with Crippen molar-refractivity contribution in [3.8, 4) is 11.5 Å². The van der Waals surface area contributed by atoms with Crippen molar-refractivity contribution in [1.29, 1.82) is 0 Å². The summed E-state index contributed by atoms with van der Waals surface area (Å²) in [6.45, 7) is 5.34. The van der Waals surface area contributed by atoms with Gasteiger partial charge in [-0.05, 0) is 18.9 Å². The van der Waals surface area contributed by atoms with E-state index in [-0.39, 0.29) is 23.6 Å². The summed E-state index contributed by atoms with van der Waals surface area (Å²) in [7, 11) is 1.31. The van der Waals surface area contributed by atoms with Gasteiger partial charge in [0.05, 0.1) is 13.0 Å². The van der Waals surface area contributed by atoms with Gasteiger partial charge in [-0.15, -0.1) is 0 Å². The lowest BCUT2D eigenvalue weighted by atomic mass is 9.91. The van der Waals surface area contributed by atoms with Crippen LogP contribution in [0, 0.1) is 11.8 Å². The number of hydrogen-bond donors (Lipinski definition) is 1. The first-order valence-corrected chi connectivity index (χ1v) is 12.7. The third-order valence-corrected chi connectivity index (χ3v) is 6.02. The number of aromatic nitrogens is 1. The van der Waals surface area contributed by atoms with Gasteiger partial charge in [0.2, 0.25) is 5.75 Å². The second kappa shape index (κ2) is 13.5. The molecule has 4 atom stereocenters. The number of hydrogen-bond acceptors (Lipinski definition) is 11. The van der Waals surface area contributed by atoms with Crippen molar-refractivity contribution in [3.05, 3.63) is 53.9 Å². The topological polar surface area (TPSA) is 156 Å². The Morgan fingerprint density at radius 2 is 1.80 bits per heavy atom. The summed E-state index contributed by atoms with van der Waals surface area (Å²) in [6.07, 6.45) is -0.822. The number of rotatable bonds is 8. The molecule has 12 heteroatoms. The van der Waals surface area contributed by atoms with Crippen LogP contribution in [0.2, 0.25) is 0 Å². The monoisotopic (exact) mass is 556 g/mol. The highest BCUT2D eigenvalue weighted by Gasteiger charge is 2.42. The molecule has 1 aliphatic rings. The molecule has 1 aromatic heterocycles. The lowest BCUT2D eigenvalue weighted by Crippen LogP contribution is -2.47. The standard InChI is InChI=1S/C28H32N2O10/c1-15(2)26(33)40-23-16(3)38-28(35)20(14-37-27(34)19(23)13-18-9-7-6-8-10-18)30-25(32)22-24(39-17(4)31)21(36-5)11-12-29-22/h6-12,15-16,19-20,23H,13-14H2,1-5H3,(H,30,32)/t16-,19+,20-,23-/m0/s1. The maximum absolute atomic E-state index is 13.3. The van der Waals surface area contributed by atoms with Crippen LogP contribution in [0.1, 0.15) is 43.7 Å². The average molecular weight is 557 g/mol. The van der Waals surface area contributed by atoms with Gasteiger partial charge in [-0.1, -0.05) is 44.2 Å². The molecule has 1 N–H and O–H groups in total. The van der Waals surface area contributed by atoms with Crippen LogP contribution in [0.4, 0.5) is 0 Å². The number of nitrogens with zero attached hydrogens (tertiary/aromatic N) is 1. The van der Waals surface area contributed by atoms with Gasteiger partial charge in [0.25, 0.3) is 5.91 Å². The summed E-state index contributed by atoms with van der Waals surface area (Å²) in [5.41, 5.74) is 0.437. The van der Waals surface area contributed by atoms with E-state index in [1.165, 1.54) is 26.3 Å². The van der Waals surface area contributed by atoms with E-state index in [1.54, 1.807) is 26.0 Å². The molecule has 2 heterocycles. The van der Waals surface area contributed by atoms with Crippen molar-refractivity contribution in [2.45, 2.75) is 52.4 Å². The molecular formula is C28H32N2O10. The second-order valence-corrected chi connectivity index (χ2v) is 9.44. The van der Waals surface area contributed by atoms with Gasteiger partial charge in [0.15, 0.2) is 23.6 Å². The van der Waals surface area contributed by atoms with Crippen molar-refractivity contribution in [3.63, 3.8) is 0 Å². The first-order chi connectivity index (χ1) is 19.0. The summed E-state index contributed by atoms with van der Waals surface area (Å²) in [6, 6.07) is 8.98. The highest BCUT2D eigenvalue weighted by Crippen LogP contribution is 2.30. The van der Waals surface area contributed by atoms with Crippen molar-refractivity contribution in [2.75, 3.05) is 13.7 Å². The van der Waals surface area contributed by atoms with Crippen LogP contribution >= 0.6 is 0 Å². The number of esters is 4. The molecule has 12 nitrogen and oxygen atoms in total. The summed E-state index contributed by atoms with van der Waals surface area (Å²) >= 11 is 0. The first-order valence-electron chi connectivity index (χ1n) is 12.7. The average Bonchev–Trinajstić information content (AvgIpc) is 2.95. The van der Waals surface area contributed by atoms with Crippen LogP contribution in [-0.2, 0) is 39.8 Å². The maximum Gasteiger partial charge on any atom is 0.332 e. The van der Waals surface area contributed by atoms with E-state index in [0.717, 1.165) is 12.5 Å². The fourth-order valence-electron chi connectivity index (χ4n) is 3.97. The molecule has 1 saturated heterocycles. The van der Waals surface area contributed by atoms with Crippen LogP contribution in [0.3, 0.4) is 0 Å². The predicted octanol–water partition coefficient (Wildman–Crippen LogP) is 2.03. The third-order valence-electron chi connectivity index (χ3n) is 6.02. The molecule has 0 bridgehead atoms. The molecule has 0 spiro atoms. The molecule has 40 heavy (non-hydrogen) atoms. The van der Waals surface area contributed by atoms with Crippen LogP contribution < -0.4 is 14.8 Å². The fourth-order valence-corrected chi connectivity index (χ4v) is 3.97.